The smallest absolute Gasteiger partial charge is 0.325 e. The Kier molecular flexibility index (Phi) is 5.08. The zero-order valence-electron chi connectivity index (χ0n) is 13.8. The third kappa shape index (κ3) is 3.59. The van der Waals surface area contributed by atoms with Crippen molar-refractivity contribution in [1.82, 2.24) is 15.5 Å². The van der Waals surface area contributed by atoms with Crippen LogP contribution in [0.2, 0.25) is 0 Å². The van der Waals surface area contributed by atoms with Gasteiger partial charge in [0.1, 0.15) is 12.1 Å². The van der Waals surface area contributed by atoms with Crippen molar-refractivity contribution in [3.63, 3.8) is 0 Å². The number of amides is 4. The van der Waals surface area contributed by atoms with Crippen LogP contribution in [0.25, 0.3) is 0 Å². The van der Waals surface area contributed by atoms with Gasteiger partial charge in [-0.15, -0.1) is 0 Å². The van der Waals surface area contributed by atoms with Gasteiger partial charge in [-0.1, -0.05) is 20.8 Å². The van der Waals surface area contributed by atoms with Crippen LogP contribution >= 0.6 is 0 Å². The van der Waals surface area contributed by atoms with E-state index in [1.165, 1.54) is 0 Å². The third-order valence-electron chi connectivity index (χ3n) is 4.72. The van der Waals surface area contributed by atoms with E-state index in [0.717, 1.165) is 24.2 Å². The zero-order valence-corrected chi connectivity index (χ0v) is 13.8. The summed E-state index contributed by atoms with van der Waals surface area (Å²) in [5.74, 6) is 0.585. The summed E-state index contributed by atoms with van der Waals surface area (Å²) in [6.45, 7) is 6.71. The first-order valence-corrected chi connectivity index (χ1v) is 8.25. The van der Waals surface area contributed by atoms with Crippen LogP contribution < -0.4 is 10.6 Å². The Labute approximate surface area is 132 Å². The molecule has 0 aromatic rings. The lowest BCUT2D eigenvalue weighted by Crippen LogP contribution is -2.49. The van der Waals surface area contributed by atoms with Gasteiger partial charge in [0, 0.05) is 6.54 Å². The highest BCUT2D eigenvalue weighted by atomic mass is 16.2. The van der Waals surface area contributed by atoms with Crippen LogP contribution in [0.3, 0.4) is 0 Å². The van der Waals surface area contributed by atoms with Gasteiger partial charge in [-0.05, 0) is 43.9 Å². The lowest BCUT2D eigenvalue weighted by atomic mass is 9.77. The molecular formula is C16H27N3O3. The van der Waals surface area contributed by atoms with Crippen LogP contribution in [0.15, 0.2) is 0 Å². The number of imide groups is 1. The largest absolute Gasteiger partial charge is 0.355 e. The lowest BCUT2D eigenvalue weighted by Gasteiger charge is -2.33. The van der Waals surface area contributed by atoms with Gasteiger partial charge in [0.15, 0.2) is 0 Å². The molecule has 1 spiro atoms. The van der Waals surface area contributed by atoms with E-state index >= 15 is 0 Å². The number of carbonyl (C=O) groups is 3. The van der Waals surface area contributed by atoms with Crippen molar-refractivity contribution < 1.29 is 14.4 Å². The summed E-state index contributed by atoms with van der Waals surface area (Å²) in [4.78, 5) is 37.6. The van der Waals surface area contributed by atoms with Crippen molar-refractivity contribution in [2.45, 2.75) is 58.4 Å². The Morgan fingerprint density at radius 2 is 2.00 bits per heavy atom. The predicted octanol–water partition coefficient (Wildman–Crippen LogP) is 1.65. The molecule has 2 N–H and O–H groups in total. The second-order valence-electron chi connectivity index (χ2n) is 7.12. The maximum Gasteiger partial charge on any atom is 0.325 e. The van der Waals surface area contributed by atoms with Gasteiger partial charge in [0.05, 0.1) is 0 Å². The average Bonchev–Trinajstić information content (AvgIpc) is 2.67. The van der Waals surface area contributed by atoms with E-state index in [4.69, 9.17) is 0 Å². The van der Waals surface area contributed by atoms with Crippen LogP contribution in [-0.4, -0.2) is 41.4 Å². The van der Waals surface area contributed by atoms with Gasteiger partial charge in [0.2, 0.25) is 5.91 Å². The lowest BCUT2D eigenvalue weighted by molar-refractivity contribution is -0.136. The molecule has 2 fully saturated rings. The van der Waals surface area contributed by atoms with E-state index < -0.39 is 11.6 Å². The highest BCUT2D eigenvalue weighted by molar-refractivity contribution is 6.09. The van der Waals surface area contributed by atoms with E-state index in [9.17, 15) is 14.4 Å². The van der Waals surface area contributed by atoms with Crippen molar-refractivity contribution in [1.29, 1.82) is 0 Å². The zero-order chi connectivity index (χ0) is 16.3. The predicted molar refractivity (Wildman–Crippen MR) is 83.1 cm³/mol. The summed E-state index contributed by atoms with van der Waals surface area (Å²) in [6.07, 6.45) is 4.09. The summed E-state index contributed by atoms with van der Waals surface area (Å²) < 4.78 is 0. The standard InChI is InChI=1S/C16H27N3O3/c1-11(2)6-9-17-13(20)10-19-14(21)16(18-15(19)22)7-4-12(3)5-8-16/h11-12H,4-10H2,1-3H3,(H,17,20)(H,18,22). The fourth-order valence-corrected chi connectivity index (χ4v) is 3.11. The van der Waals surface area contributed by atoms with Crippen molar-refractivity contribution in [3.8, 4) is 0 Å². The van der Waals surface area contributed by atoms with Gasteiger partial charge in [0.25, 0.3) is 5.91 Å². The summed E-state index contributed by atoms with van der Waals surface area (Å²) in [5.41, 5.74) is -0.762. The first-order valence-electron chi connectivity index (χ1n) is 8.25. The molecule has 6 heteroatoms. The number of hydrogen-bond donors (Lipinski definition) is 2. The molecule has 0 bridgehead atoms. The van der Waals surface area contributed by atoms with Gasteiger partial charge in [-0.3, -0.25) is 14.5 Å². The first-order chi connectivity index (χ1) is 10.3. The Hall–Kier alpha value is -1.59. The Bertz CT molecular complexity index is 454. The fraction of sp³-hybridized carbons (Fsp3) is 0.812. The number of rotatable bonds is 5. The van der Waals surface area contributed by atoms with E-state index in [0.29, 0.717) is 31.2 Å². The number of carbonyl (C=O) groups excluding carboxylic acids is 3. The monoisotopic (exact) mass is 309 g/mol. The average molecular weight is 309 g/mol. The molecule has 2 aliphatic rings. The van der Waals surface area contributed by atoms with E-state index in [1.807, 2.05) is 0 Å². The number of nitrogens with one attached hydrogen (secondary N) is 2. The maximum absolute atomic E-state index is 12.6. The van der Waals surface area contributed by atoms with Crippen molar-refractivity contribution in [2.24, 2.45) is 11.8 Å². The molecule has 0 unspecified atom stereocenters. The van der Waals surface area contributed by atoms with Crippen LogP contribution in [0, 0.1) is 11.8 Å². The molecule has 1 saturated carbocycles. The summed E-state index contributed by atoms with van der Waals surface area (Å²) in [5, 5.41) is 5.59. The van der Waals surface area contributed by atoms with Gasteiger partial charge >= 0.3 is 6.03 Å². The second kappa shape index (κ2) is 6.67. The highest BCUT2D eigenvalue weighted by Crippen LogP contribution is 2.36. The summed E-state index contributed by atoms with van der Waals surface area (Å²) in [6, 6.07) is -0.432. The minimum Gasteiger partial charge on any atom is -0.355 e. The molecule has 22 heavy (non-hydrogen) atoms. The van der Waals surface area contributed by atoms with Crippen LogP contribution in [0.4, 0.5) is 4.79 Å². The minimum absolute atomic E-state index is 0.180. The van der Waals surface area contributed by atoms with Crippen molar-refractivity contribution in [3.05, 3.63) is 0 Å². The number of hydrogen-bond acceptors (Lipinski definition) is 3. The molecule has 4 amide bonds. The first kappa shape index (κ1) is 16.8. The molecule has 2 rings (SSSR count). The molecule has 0 atom stereocenters. The van der Waals surface area contributed by atoms with Crippen LogP contribution in [-0.2, 0) is 9.59 Å². The van der Waals surface area contributed by atoms with Gasteiger partial charge in [-0.2, -0.15) is 0 Å². The molecule has 1 saturated heterocycles. The van der Waals surface area contributed by atoms with Crippen molar-refractivity contribution in [2.75, 3.05) is 13.1 Å². The molecule has 1 heterocycles. The Morgan fingerprint density at radius 3 is 2.59 bits per heavy atom. The van der Waals surface area contributed by atoms with Crippen LogP contribution in [0.5, 0.6) is 0 Å². The summed E-state index contributed by atoms with van der Waals surface area (Å²) >= 11 is 0. The van der Waals surface area contributed by atoms with Crippen LogP contribution in [0.1, 0.15) is 52.9 Å². The summed E-state index contributed by atoms with van der Waals surface area (Å²) in [7, 11) is 0. The maximum atomic E-state index is 12.6. The van der Waals surface area contributed by atoms with E-state index in [-0.39, 0.29) is 18.4 Å². The normalized spacial score (nSPS) is 28.4. The Morgan fingerprint density at radius 1 is 1.36 bits per heavy atom. The molecule has 0 aromatic carbocycles. The third-order valence-corrected chi connectivity index (χ3v) is 4.72. The van der Waals surface area contributed by atoms with Crippen molar-refractivity contribution >= 4 is 17.8 Å². The molecule has 6 nitrogen and oxygen atoms in total. The molecule has 0 radical (unpaired) electrons. The van der Waals surface area contributed by atoms with Gasteiger partial charge < -0.3 is 10.6 Å². The molecule has 1 aliphatic heterocycles. The SMILES string of the molecule is CC(C)CCNC(=O)CN1C(=O)NC2(CCC(C)CC2)C1=O. The number of urea groups is 1. The molecule has 0 aromatic heterocycles. The highest BCUT2D eigenvalue weighted by Gasteiger charge is 2.52. The topological polar surface area (TPSA) is 78.5 Å². The van der Waals surface area contributed by atoms with E-state index in [2.05, 4.69) is 31.4 Å². The molecule has 124 valence electrons. The quantitative estimate of drug-likeness (QED) is 0.758. The molecular weight excluding hydrogens is 282 g/mol. The number of nitrogens with zero attached hydrogens (tertiary/aromatic N) is 1. The van der Waals surface area contributed by atoms with E-state index in [1.54, 1.807) is 0 Å². The second-order valence-corrected chi connectivity index (χ2v) is 7.12. The van der Waals surface area contributed by atoms with Gasteiger partial charge in [-0.25, -0.2) is 4.79 Å². The minimum atomic E-state index is -0.762. The fourth-order valence-electron chi connectivity index (χ4n) is 3.11. The Balaban J connectivity index is 1.90. The molecule has 1 aliphatic carbocycles.